The van der Waals surface area contributed by atoms with E-state index in [9.17, 15) is 4.79 Å². The maximum absolute atomic E-state index is 11.0. The lowest BCUT2D eigenvalue weighted by Crippen LogP contribution is -2.33. The van der Waals surface area contributed by atoms with Gasteiger partial charge in [0.25, 0.3) is 0 Å². The summed E-state index contributed by atoms with van der Waals surface area (Å²) < 4.78 is 0. The minimum atomic E-state index is -0.0777. The van der Waals surface area contributed by atoms with Crippen LogP contribution in [0.25, 0.3) is 0 Å². The normalized spacial score (nSPS) is 9.57. The Morgan fingerprint density at radius 2 is 2.29 bits per heavy atom. The third-order valence-corrected chi connectivity index (χ3v) is 1.72. The molecule has 6 heteroatoms. The second-order valence-electron chi connectivity index (χ2n) is 2.85. The van der Waals surface area contributed by atoms with Gasteiger partial charge in [-0.2, -0.15) is 0 Å². The molecule has 1 rings (SSSR count). The maximum Gasteiger partial charge on any atom is 0.239 e. The van der Waals surface area contributed by atoms with Crippen LogP contribution < -0.4 is 16.0 Å². The highest BCUT2D eigenvalue weighted by molar-refractivity contribution is 5.80. The zero-order chi connectivity index (χ0) is 10.6. The van der Waals surface area contributed by atoms with Crippen molar-refractivity contribution in [3.8, 4) is 0 Å². The van der Waals surface area contributed by atoms with E-state index in [0.717, 1.165) is 0 Å². The molecule has 1 amide bonds. The summed E-state index contributed by atoms with van der Waals surface area (Å²) in [5.74, 6) is 0.899. The molecule has 1 aromatic heterocycles. The number of hydrogen-bond donors (Lipinski definition) is 2. The van der Waals surface area contributed by atoms with Crippen LogP contribution in [0.15, 0.2) is 12.1 Å². The highest BCUT2D eigenvalue weighted by Crippen LogP contribution is 2.06. The monoisotopic (exact) mass is 195 g/mol. The summed E-state index contributed by atoms with van der Waals surface area (Å²) in [7, 11) is 3.35. The summed E-state index contributed by atoms with van der Waals surface area (Å²) in [5.41, 5.74) is 5.38. The zero-order valence-corrected chi connectivity index (χ0v) is 8.19. The topological polar surface area (TPSA) is 84.1 Å². The molecule has 0 saturated carbocycles. The van der Waals surface area contributed by atoms with E-state index >= 15 is 0 Å². The molecule has 3 N–H and O–H groups in total. The predicted molar refractivity (Wildman–Crippen MR) is 53.8 cm³/mol. The van der Waals surface area contributed by atoms with Crippen LogP contribution in [0.2, 0.25) is 0 Å². The lowest BCUT2D eigenvalue weighted by atomic mass is 10.4. The summed E-state index contributed by atoms with van der Waals surface area (Å²) >= 11 is 0. The van der Waals surface area contributed by atoms with Gasteiger partial charge in [0, 0.05) is 14.1 Å². The first-order chi connectivity index (χ1) is 6.63. The first-order valence-electron chi connectivity index (χ1n) is 4.14. The molecule has 1 heterocycles. The molecule has 14 heavy (non-hydrogen) atoms. The predicted octanol–water partition coefficient (Wildman–Crippen LogP) is -0.759. The van der Waals surface area contributed by atoms with Crippen molar-refractivity contribution < 1.29 is 4.79 Å². The summed E-state index contributed by atoms with van der Waals surface area (Å²) in [6, 6.07) is 3.36. The summed E-state index contributed by atoms with van der Waals surface area (Å²) in [6.07, 6.45) is 0. The van der Waals surface area contributed by atoms with E-state index < -0.39 is 0 Å². The van der Waals surface area contributed by atoms with Gasteiger partial charge < -0.3 is 16.0 Å². The van der Waals surface area contributed by atoms with Crippen LogP contribution in [-0.4, -0.2) is 36.7 Å². The van der Waals surface area contributed by atoms with E-state index in [1.54, 1.807) is 31.1 Å². The largest absolute Gasteiger partial charge is 0.382 e. The lowest BCUT2D eigenvalue weighted by molar-refractivity contribution is -0.119. The SMILES string of the molecule is CNC(=O)CN(C)c1ccc(N)nn1. The highest BCUT2D eigenvalue weighted by Gasteiger charge is 2.06. The van der Waals surface area contributed by atoms with Crippen LogP contribution >= 0.6 is 0 Å². The second-order valence-corrected chi connectivity index (χ2v) is 2.85. The number of aromatic nitrogens is 2. The quantitative estimate of drug-likeness (QED) is 0.662. The van der Waals surface area contributed by atoms with Gasteiger partial charge in [0.2, 0.25) is 5.91 Å². The summed E-state index contributed by atoms with van der Waals surface area (Å²) in [5, 5.41) is 10.0. The van der Waals surface area contributed by atoms with Crippen LogP contribution in [0.4, 0.5) is 11.6 Å². The number of anilines is 2. The van der Waals surface area contributed by atoms with Gasteiger partial charge in [-0.15, -0.1) is 10.2 Å². The molecule has 76 valence electrons. The number of amides is 1. The molecule has 0 aliphatic carbocycles. The number of nitrogen functional groups attached to an aromatic ring is 1. The van der Waals surface area contributed by atoms with Gasteiger partial charge in [0.05, 0.1) is 6.54 Å². The Bertz CT molecular complexity index is 310. The summed E-state index contributed by atoms with van der Waals surface area (Å²) in [4.78, 5) is 12.7. The average molecular weight is 195 g/mol. The number of rotatable bonds is 3. The lowest BCUT2D eigenvalue weighted by Gasteiger charge is -2.15. The molecule has 0 atom stereocenters. The Labute approximate surface area is 82.1 Å². The van der Waals surface area contributed by atoms with Crippen LogP contribution in [0.1, 0.15) is 0 Å². The van der Waals surface area contributed by atoms with Gasteiger partial charge in [-0.3, -0.25) is 4.79 Å². The molecule has 0 fully saturated rings. The van der Waals surface area contributed by atoms with Crippen molar-refractivity contribution in [2.75, 3.05) is 31.3 Å². The first kappa shape index (κ1) is 10.2. The average Bonchev–Trinajstić information content (AvgIpc) is 2.18. The third kappa shape index (κ3) is 2.58. The van der Waals surface area contributed by atoms with Crippen LogP contribution in [-0.2, 0) is 4.79 Å². The van der Waals surface area contributed by atoms with Crippen LogP contribution in [0.3, 0.4) is 0 Å². The standard InChI is InChI=1S/C8H13N5O/c1-10-8(14)5-13(2)7-4-3-6(9)11-12-7/h3-4H,5H2,1-2H3,(H2,9,11)(H,10,14). The minimum Gasteiger partial charge on any atom is -0.382 e. The Morgan fingerprint density at radius 1 is 1.57 bits per heavy atom. The van der Waals surface area contributed by atoms with Gasteiger partial charge >= 0.3 is 0 Å². The molecule has 0 radical (unpaired) electrons. The first-order valence-corrected chi connectivity index (χ1v) is 4.14. The van der Waals surface area contributed by atoms with Crippen molar-refractivity contribution in [1.82, 2.24) is 15.5 Å². The molecule has 0 aliphatic heterocycles. The molecule has 1 aromatic rings. The third-order valence-electron chi connectivity index (χ3n) is 1.72. The van der Waals surface area contributed by atoms with E-state index in [-0.39, 0.29) is 12.5 Å². The van der Waals surface area contributed by atoms with E-state index in [2.05, 4.69) is 15.5 Å². The van der Waals surface area contributed by atoms with Crippen molar-refractivity contribution in [3.63, 3.8) is 0 Å². The van der Waals surface area contributed by atoms with Crippen molar-refractivity contribution in [2.24, 2.45) is 0 Å². The van der Waals surface area contributed by atoms with Gasteiger partial charge in [-0.25, -0.2) is 0 Å². The number of likely N-dealkylation sites (N-methyl/N-ethyl adjacent to an activating group) is 2. The van der Waals surface area contributed by atoms with Crippen molar-refractivity contribution >= 4 is 17.5 Å². The Morgan fingerprint density at radius 3 is 2.79 bits per heavy atom. The number of carbonyl (C=O) groups excluding carboxylic acids is 1. The van der Waals surface area contributed by atoms with Crippen LogP contribution in [0, 0.1) is 0 Å². The fraction of sp³-hybridized carbons (Fsp3) is 0.375. The van der Waals surface area contributed by atoms with E-state index in [0.29, 0.717) is 11.6 Å². The smallest absolute Gasteiger partial charge is 0.239 e. The van der Waals surface area contributed by atoms with Gasteiger partial charge in [0.1, 0.15) is 5.82 Å². The Balaban J connectivity index is 2.65. The zero-order valence-electron chi connectivity index (χ0n) is 8.19. The molecule has 0 spiro atoms. The molecular formula is C8H13N5O. The molecule has 0 saturated heterocycles. The fourth-order valence-electron chi connectivity index (χ4n) is 0.915. The van der Waals surface area contributed by atoms with Crippen molar-refractivity contribution in [1.29, 1.82) is 0 Å². The van der Waals surface area contributed by atoms with E-state index in [4.69, 9.17) is 5.73 Å². The Hall–Kier alpha value is -1.85. The number of nitrogens with one attached hydrogen (secondary N) is 1. The molecule has 0 unspecified atom stereocenters. The molecule has 6 nitrogen and oxygen atoms in total. The number of carbonyl (C=O) groups is 1. The molecule has 0 aromatic carbocycles. The van der Waals surface area contributed by atoms with Crippen molar-refractivity contribution in [2.45, 2.75) is 0 Å². The van der Waals surface area contributed by atoms with Crippen molar-refractivity contribution in [3.05, 3.63) is 12.1 Å². The van der Waals surface area contributed by atoms with Gasteiger partial charge in [-0.1, -0.05) is 0 Å². The Kier molecular flexibility index (Phi) is 3.22. The number of hydrogen-bond acceptors (Lipinski definition) is 5. The molecule has 0 aliphatic rings. The van der Waals surface area contributed by atoms with E-state index in [1.165, 1.54) is 0 Å². The molecular weight excluding hydrogens is 182 g/mol. The van der Waals surface area contributed by atoms with E-state index in [1.807, 2.05) is 0 Å². The minimum absolute atomic E-state index is 0.0777. The number of nitrogens with two attached hydrogens (primary N) is 1. The molecule has 0 bridgehead atoms. The second kappa shape index (κ2) is 4.40. The summed E-state index contributed by atoms with van der Waals surface area (Å²) in [6.45, 7) is 0.245. The highest BCUT2D eigenvalue weighted by atomic mass is 16.1. The van der Waals surface area contributed by atoms with Gasteiger partial charge in [-0.05, 0) is 12.1 Å². The number of nitrogens with zero attached hydrogens (tertiary/aromatic N) is 3. The maximum atomic E-state index is 11.0. The van der Waals surface area contributed by atoms with Gasteiger partial charge in [0.15, 0.2) is 5.82 Å². The van der Waals surface area contributed by atoms with Crippen LogP contribution in [0.5, 0.6) is 0 Å². The fourth-order valence-corrected chi connectivity index (χ4v) is 0.915.